The van der Waals surface area contributed by atoms with Crippen LogP contribution >= 0.6 is 0 Å². The zero-order valence-electron chi connectivity index (χ0n) is 15.9. The Hall–Kier alpha value is -2.65. The highest BCUT2D eigenvalue weighted by Gasteiger charge is 2.14. The van der Waals surface area contributed by atoms with E-state index in [0.29, 0.717) is 6.42 Å². The van der Waals surface area contributed by atoms with Crippen molar-refractivity contribution in [2.24, 2.45) is 0 Å². The Morgan fingerprint density at radius 1 is 0.889 bits per heavy atom. The average Bonchev–Trinajstić information content (AvgIpc) is 2.71. The van der Waals surface area contributed by atoms with Gasteiger partial charge in [-0.2, -0.15) is 0 Å². The van der Waals surface area contributed by atoms with Gasteiger partial charge < -0.3 is 0 Å². The van der Waals surface area contributed by atoms with E-state index in [1.54, 1.807) is 0 Å². The molecule has 0 spiro atoms. The van der Waals surface area contributed by atoms with Gasteiger partial charge in [0.15, 0.2) is 0 Å². The van der Waals surface area contributed by atoms with E-state index in [1.165, 1.54) is 21.9 Å². The van der Waals surface area contributed by atoms with Crippen molar-refractivity contribution in [2.45, 2.75) is 45.1 Å². The van der Waals surface area contributed by atoms with E-state index < -0.39 is 0 Å². The number of carbonyl (C=O) groups is 1. The summed E-state index contributed by atoms with van der Waals surface area (Å²) < 4.78 is 0. The molecule has 1 amide bonds. The highest BCUT2D eigenvalue weighted by molar-refractivity contribution is 5.83. The first kappa shape index (κ1) is 19.1. The van der Waals surface area contributed by atoms with Crippen LogP contribution in [-0.2, 0) is 11.2 Å². The van der Waals surface area contributed by atoms with Gasteiger partial charge in [0.05, 0.1) is 6.04 Å². The van der Waals surface area contributed by atoms with Crippen LogP contribution in [0.3, 0.4) is 0 Å². The Morgan fingerprint density at radius 2 is 1.63 bits per heavy atom. The van der Waals surface area contributed by atoms with E-state index >= 15 is 0 Å². The van der Waals surface area contributed by atoms with E-state index in [1.807, 2.05) is 6.07 Å². The third-order valence-corrected chi connectivity index (χ3v) is 4.85. The molecule has 1 unspecified atom stereocenters. The fraction of sp³-hybridized carbons (Fsp3) is 0.292. The molecule has 3 aromatic rings. The molecule has 3 rings (SSSR count). The van der Waals surface area contributed by atoms with Crippen molar-refractivity contribution >= 4 is 16.7 Å². The van der Waals surface area contributed by atoms with Crippen LogP contribution in [0.4, 0.5) is 0 Å². The SMILES string of the molecule is CCCCCC(=O)NNC(Cc1ccccc1)c1ccc2ccccc2c1. The predicted molar refractivity (Wildman–Crippen MR) is 112 cm³/mol. The van der Waals surface area contributed by atoms with E-state index in [0.717, 1.165) is 25.7 Å². The molecule has 0 radical (unpaired) electrons. The molecule has 0 saturated heterocycles. The number of benzene rings is 3. The molecule has 3 heteroatoms. The summed E-state index contributed by atoms with van der Waals surface area (Å²) in [4.78, 5) is 12.1. The zero-order chi connectivity index (χ0) is 18.9. The van der Waals surface area contributed by atoms with E-state index in [-0.39, 0.29) is 11.9 Å². The summed E-state index contributed by atoms with van der Waals surface area (Å²) in [5, 5.41) is 2.44. The summed E-state index contributed by atoms with van der Waals surface area (Å²) in [5.41, 5.74) is 8.61. The van der Waals surface area contributed by atoms with Crippen LogP contribution in [0.25, 0.3) is 10.8 Å². The van der Waals surface area contributed by atoms with Crippen molar-refractivity contribution in [1.29, 1.82) is 0 Å². The van der Waals surface area contributed by atoms with Crippen LogP contribution in [0.5, 0.6) is 0 Å². The molecule has 3 nitrogen and oxygen atoms in total. The molecule has 0 saturated carbocycles. The van der Waals surface area contributed by atoms with Crippen LogP contribution in [0.15, 0.2) is 72.8 Å². The number of unbranched alkanes of at least 4 members (excludes halogenated alkanes) is 2. The Balaban J connectivity index is 1.75. The smallest absolute Gasteiger partial charge is 0.234 e. The van der Waals surface area contributed by atoms with Gasteiger partial charge in [-0.1, -0.05) is 86.5 Å². The monoisotopic (exact) mass is 360 g/mol. The largest absolute Gasteiger partial charge is 0.291 e. The highest BCUT2D eigenvalue weighted by Crippen LogP contribution is 2.23. The molecule has 1 atom stereocenters. The van der Waals surface area contributed by atoms with E-state index in [9.17, 15) is 4.79 Å². The lowest BCUT2D eigenvalue weighted by atomic mass is 9.97. The summed E-state index contributed by atoms with van der Waals surface area (Å²) in [6.45, 7) is 2.14. The van der Waals surface area contributed by atoms with Gasteiger partial charge >= 0.3 is 0 Å². The molecule has 3 aromatic carbocycles. The molecule has 0 heterocycles. The lowest BCUT2D eigenvalue weighted by molar-refractivity contribution is -0.122. The zero-order valence-corrected chi connectivity index (χ0v) is 15.9. The molecular weight excluding hydrogens is 332 g/mol. The summed E-state index contributed by atoms with van der Waals surface area (Å²) in [6, 6.07) is 25.3. The van der Waals surface area contributed by atoms with Crippen molar-refractivity contribution in [2.75, 3.05) is 0 Å². The summed E-state index contributed by atoms with van der Waals surface area (Å²) >= 11 is 0. The normalized spacial score (nSPS) is 12.0. The number of amides is 1. The molecular formula is C24H28N2O. The van der Waals surface area contributed by atoms with Crippen LogP contribution < -0.4 is 10.9 Å². The average molecular weight is 361 g/mol. The number of hydrogen-bond acceptors (Lipinski definition) is 2. The minimum atomic E-state index is 0.0205. The first-order valence-corrected chi connectivity index (χ1v) is 9.83. The third kappa shape index (κ3) is 5.66. The molecule has 2 N–H and O–H groups in total. The summed E-state index contributed by atoms with van der Waals surface area (Å²) in [7, 11) is 0. The Morgan fingerprint density at radius 3 is 2.41 bits per heavy atom. The summed E-state index contributed by atoms with van der Waals surface area (Å²) in [6.07, 6.45) is 4.52. The maximum absolute atomic E-state index is 12.1. The first-order chi connectivity index (χ1) is 13.3. The maximum atomic E-state index is 12.1. The fourth-order valence-electron chi connectivity index (χ4n) is 3.29. The van der Waals surface area contributed by atoms with Gasteiger partial charge in [-0.15, -0.1) is 0 Å². The van der Waals surface area contributed by atoms with Gasteiger partial charge in [-0.05, 0) is 40.8 Å². The van der Waals surface area contributed by atoms with Gasteiger partial charge in [0.2, 0.25) is 5.91 Å². The second-order valence-corrected chi connectivity index (χ2v) is 7.00. The van der Waals surface area contributed by atoms with Gasteiger partial charge in [0, 0.05) is 6.42 Å². The number of nitrogens with one attached hydrogen (secondary N) is 2. The molecule has 0 aliphatic carbocycles. The van der Waals surface area contributed by atoms with Gasteiger partial charge in [-0.3, -0.25) is 10.2 Å². The van der Waals surface area contributed by atoms with Gasteiger partial charge in [0.1, 0.15) is 0 Å². The van der Waals surface area contributed by atoms with E-state index in [4.69, 9.17) is 0 Å². The fourth-order valence-corrected chi connectivity index (χ4v) is 3.29. The molecule has 0 bridgehead atoms. The van der Waals surface area contributed by atoms with Crippen molar-refractivity contribution in [1.82, 2.24) is 10.9 Å². The molecule has 0 aliphatic heterocycles. The van der Waals surface area contributed by atoms with Crippen molar-refractivity contribution < 1.29 is 4.79 Å². The first-order valence-electron chi connectivity index (χ1n) is 9.83. The highest BCUT2D eigenvalue weighted by atomic mass is 16.2. The number of carbonyl (C=O) groups excluding carboxylic acids is 1. The van der Waals surface area contributed by atoms with Crippen molar-refractivity contribution in [3.63, 3.8) is 0 Å². The molecule has 0 aliphatic rings. The lowest BCUT2D eigenvalue weighted by Crippen LogP contribution is -2.40. The van der Waals surface area contributed by atoms with Crippen LogP contribution in [0.1, 0.15) is 49.8 Å². The van der Waals surface area contributed by atoms with Gasteiger partial charge in [-0.25, -0.2) is 5.43 Å². The Kier molecular flexibility index (Phi) is 7.00. The number of fused-ring (bicyclic) bond motifs is 1. The van der Waals surface area contributed by atoms with Crippen molar-refractivity contribution in [3.8, 4) is 0 Å². The van der Waals surface area contributed by atoms with Gasteiger partial charge in [0.25, 0.3) is 0 Å². The minimum Gasteiger partial charge on any atom is -0.291 e. The Labute approximate surface area is 161 Å². The maximum Gasteiger partial charge on any atom is 0.234 e. The Bertz CT molecular complexity index is 860. The topological polar surface area (TPSA) is 41.1 Å². The quantitative estimate of drug-likeness (QED) is 0.400. The number of hydrazine groups is 1. The third-order valence-electron chi connectivity index (χ3n) is 4.85. The van der Waals surface area contributed by atoms with Crippen LogP contribution in [-0.4, -0.2) is 5.91 Å². The van der Waals surface area contributed by atoms with E-state index in [2.05, 4.69) is 84.5 Å². The molecule has 140 valence electrons. The predicted octanol–water partition coefficient (Wildman–Crippen LogP) is 5.32. The molecule has 0 aromatic heterocycles. The van der Waals surface area contributed by atoms with Crippen LogP contribution in [0, 0.1) is 0 Å². The second-order valence-electron chi connectivity index (χ2n) is 7.00. The lowest BCUT2D eigenvalue weighted by Gasteiger charge is -2.21. The standard InChI is InChI=1S/C24H28N2O/c1-2-3-5-14-24(27)26-25-23(17-19-10-6-4-7-11-19)22-16-15-20-12-8-9-13-21(20)18-22/h4,6-13,15-16,18,23,25H,2-3,5,14,17H2,1H3,(H,26,27). The number of hydrogen-bond donors (Lipinski definition) is 2. The minimum absolute atomic E-state index is 0.0205. The second kappa shape index (κ2) is 9.89. The molecule has 0 fully saturated rings. The van der Waals surface area contributed by atoms with Crippen LogP contribution in [0.2, 0.25) is 0 Å². The van der Waals surface area contributed by atoms with Crippen molar-refractivity contribution in [3.05, 3.63) is 83.9 Å². The number of rotatable bonds is 9. The summed E-state index contributed by atoms with van der Waals surface area (Å²) in [5.74, 6) is 0.0577. The molecule has 27 heavy (non-hydrogen) atoms.